The fourth-order valence-electron chi connectivity index (χ4n) is 2.91. The van der Waals surface area contributed by atoms with Gasteiger partial charge in [0.15, 0.2) is 5.65 Å². The van der Waals surface area contributed by atoms with Gasteiger partial charge in [0, 0.05) is 24.3 Å². The van der Waals surface area contributed by atoms with E-state index in [2.05, 4.69) is 21.5 Å². The first-order valence-corrected chi connectivity index (χ1v) is 8.15. The van der Waals surface area contributed by atoms with Crippen molar-refractivity contribution in [2.24, 2.45) is 5.92 Å². The number of fused-ring (bicyclic) bond motifs is 1. The van der Waals surface area contributed by atoms with E-state index in [0.29, 0.717) is 29.8 Å². The zero-order valence-electron chi connectivity index (χ0n) is 12.1. The van der Waals surface area contributed by atoms with Gasteiger partial charge in [0.1, 0.15) is 10.5 Å². The van der Waals surface area contributed by atoms with Crippen molar-refractivity contribution in [3.05, 3.63) is 19.0 Å². The van der Waals surface area contributed by atoms with Crippen LogP contribution in [-0.2, 0) is 0 Å². The molecule has 118 valence electrons. The summed E-state index contributed by atoms with van der Waals surface area (Å²) in [5.41, 5.74) is 7.20. The van der Waals surface area contributed by atoms with E-state index in [1.165, 1.54) is 11.8 Å². The van der Waals surface area contributed by atoms with Crippen LogP contribution >= 0.6 is 11.8 Å². The third kappa shape index (κ3) is 2.69. The lowest BCUT2D eigenvalue weighted by molar-refractivity contribution is 0.0906. The summed E-state index contributed by atoms with van der Waals surface area (Å²) in [7, 11) is 0. The highest BCUT2D eigenvalue weighted by atomic mass is 32.2. The topological polar surface area (TPSA) is 110 Å². The summed E-state index contributed by atoms with van der Waals surface area (Å²) in [6, 6.07) is 0.0590. The third-order valence-electron chi connectivity index (χ3n) is 4.01. The van der Waals surface area contributed by atoms with Gasteiger partial charge in [0.05, 0.1) is 12.4 Å². The Hall–Kier alpha value is -1.64. The molecular weight excluding hydrogens is 302 g/mol. The summed E-state index contributed by atoms with van der Waals surface area (Å²) in [4.78, 5) is 13.0. The highest BCUT2D eigenvalue weighted by Gasteiger charge is 2.34. The first-order chi connectivity index (χ1) is 10.6. The standard InChI is InChI=1S/C14H19N5O2S/c1-2-3-22-13-11-12(17-14(15)18-13)19(7-16-11)9-4-8(6-20)10(21)5-9/h2,7-10,20-21H,1,3-6H2,(H2,15,17,18)/t8-,9-,10+/m1/s1. The maximum Gasteiger partial charge on any atom is 0.223 e. The van der Waals surface area contributed by atoms with E-state index in [9.17, 15) is 10.2 Å². The fourth-order valence-corrected chi connectivity index (χ4v) is 3.62. The number of thioether (sulfide) groups is 1. The predicted octanol–water partition coefficient (Wildman–Crippen LogP) is 0.991. The highest BCUT2D eigenvalue weighted by Crippen LogP contribution is 2.37. The van der Waals surface area contributed by atoms with Gasteiger partial charge >= 0.3 is 0 Å². The van der Waals surface area contributed by atoms with Gasteiger partial charge in [-0.2, -0.15) is 4.98 Å². The van der Waals surface area contributed by atoms with E-state index >= 15 is 0 Å². The molecule has 0 aliphatic heterocycles. The van der Waals surface area contributed by atoms with Crippen LogP contribution in [0.2, 0.25) is 0 Å². The Kier molecular flexibility index (Phi) is 4.32. The van der Waals surface area contributed by atoms with Gasteiger partial charge < -0.3 is 20.5 Å². The number of rotatable bonds is 5. The first-order valence-electron chi connectivity index (χ1n) is 7.16. The van der Waals surface area contributed by atoms with Crippen molar-refractivity contribution in [3.8, 4) is 0 Å². The van der Waals surface area contributed by atoms with Gasteiger partial charge in [-0.3, -0.25) is 0 Å². The number of imidazole rings is 1. The number of nitrogen functional groups attached to an aromatic ring is 1. The van der Waals surface area contributed by atoms with E-state index in [4.69, 9.17) is 5.73 Å². The molecule has 0 amide bonds. The highest BCUT2D eigenvalue weighted by molar-refractivity contribution is 7.99. The van der Waals surface area contributed by atoms with Crippen molar-refractivity contribution in [2.75, 3.05) is 18.1 Å². The van der Waals surface area contributed by atoms with Crippen molar-refractivity contribution in [2.45, 2.75) is 30.0 Å². The minimum Gasteiger partial charge on any atom is -0.396 e. The second kappa shape index (κ2) is 6.23. The number of aromatic nitrogens is 4. The molecule has 2 aromatic rings. The number of aliphatic hydroxyl groups excluding tert-OH is 2. The molecule has 1 saturated carbocycles. The molecule has 0 radical (unpaired) electrons. The average Bonchev–Trinajstić information content (AvgIpc) is 3.07. The number of nitrogens with two attached hydrogens (primary N) is 1. The first kappa shape index (κ1) is 15.3. The van der Waals surface area contributed by atoms with E-state index in [-0.39, 0.29) is 24.5 Å². The summed E-state index contributed by atoms with van der Waals surface area (Å²) in [6.07, 6.45) is 4.29. The van der Waals surface area contributed by atoms with Crippen LogP contribution in [0.4, 0.5) is 5.95 Å². The van der Waals surface area contributed by atoms with Crippen LogP contribution in [0.1, 0.15) is 18.9 Å². The molecule has 0 spiro atoms. The van der Waals surface area contributed by atoms with Crippen molar-refractivity contribution < 1.29 is 10.2 Å². The largest absolute Gasteiger partial charge is 0.396 e. The van der Waals surface area contributed by atoms with Gasteiger partial charge in [-0.05, 0) is 12.8 Å². The minimum atomic E-state index is -0.499. The summed E-state index contributed by atoms with van der Waals surface area (Å²) < 4.78 is 1.93. The number of anilines is 1. The van der Waals surface area contributed by atoms with Crippen molar-refractivity contribution in [1.29, 1.82) is 0 Å². The van der Waals surface area contributed by atoms with E-state index < -0.39 is 6.10 Å². The van der Waals surface area contributed by atoms with Crippen LogP contribution in [-0.4, -0.2) is 48.2 Å². The fraction of sp³-hybridized carbons (Fsp3) is 0.500. The molecule has 0 saturated heterocycles. The molecule has 1 aliphatic carbocycles. The second-order valence-corrected chi connectivity index (χ2v) is 6.45. The van der Waals surface area contributed by atoms with Gasteiger partial charge in [0.2, 0.25) is 5.95 Å². The third-order valence-corrected chi connectivity index (χ3v) is 4.97. The van der Waals surface area contributed by atoms with Gasteiger partial charge in [-0.25, -0.2) is 9.97 Å². The molecule has 2 aromatic heterocycles. The van der Waals surface area contributed by atoms with Crippen LogP contribution in [0, 0.1) is 5.92 Å². The van der Waals surface area contributed by atoms with Gasteiger partial charge in [-0.1, -0.05) is 17.8 Å². The Balaban J connectivity index is 1.98. The van der Waals surface area contributed by atoms with E-state index in [0.717, 1.165) is 5.03 Å². The zero-order chi connectivity index (χ0) is 15.7. The quantitative estimate of drug-likeness (QED) is 0.428. The molecule has 1 fully saturated rings. The van der Waals surface area contributed by atoms with Crippen LogP contribution in [0.3, 0.4) is 0 Å². The summed E-state index contributed by atoms with van der Waals surface area (Å²) in [5, 5.41) is 20.0. The second-order valence-electron chi connectivity index (χ2n) is 5.45. The zero-order valence-corrected chi connectivity index (χ0v) is 12.9. The molecule has 0 bridgehead atoms. The van der Waals surface area contributed by atoms with Crippen LogP contribution in [0.15, 0.2) is 24.0 Å². The molecular formula is C14H19N5O2S. The van der Waals surface area contributed by atoms with Gasteiger partial charge in [0.25, 0.3) is 0 Å². The Morgan fingerprint density at radius 3 is 2.95 bits per heavy atom. The molecule has 2 heterocycles. The summed E-state index contributed by atoms with van der Waals surface area (Å²) in [6.45, 7) is 3.69. The predicted molar refractivity (Wildman–Crippen MR) is 85.5 cm³/mol. The summed E-state index contributed by atoms with van der Waals surface area (Å²) >= 11 is 1.51. The Bertz CT molecular complexity index is 689. The van der Waals surface area contributed by atoms with Gasteiger partial charge in [-0.15, -0.1) is 6.58 Å². The minimum absolute atomic E-state index is 0.0120. The normalized spacial score (nSPS) is 24.9. The summed E-state index contributed by atoms with van der Waals surface area (Å²) in [5.74, 6) is 0.821. The van der Waals surface area contributed by atoms with Crippen molar-refractivity contribution in [1.82, 2.24) is 19.5 Å². The van der Waals surface area contributed by atoms with Crippen LogP contribution in [0.25, 0.3) is 11.2 Å². The smallest absolute Gasteiger partial charge is 0.223 e. The Morgan fingerprint density at radius 1 is 1.45 bits per heavy atom. The lowest BCUT2D eigenvalue weighted by Crippen LogP contribution is -2.16. The average molecular weight is 321 g/mol. The molecule has 7 nitrogen and oxygen atoms in total. The molecule has 3 rings (SSSR count). The van der Waals surface area contributed by atoms with Crippen molar-refractivity contribution in [3.63, 3.8) is 0 Å². The van der Waals surface area contributed by atoms with Crippen molar-refractivity contribution >= 4 is 28.9 Å². The van der Waals surface area contributed by atoms with E-state index in [1.807, 2.05) is 4.57 Å². The molecule has 8 heteroatoms. The Labute approximate surface area is 132 Å². The lowest BCUT2D eigenvalue weighted by atomic mass is 10.1. The molecule has 4 N–H and O–H groups in total. The number of hydrogen-bond donors (Lipinski definition) is 3. The number of aliphatic hydroxyl groups is 2. The molecule has 0 aromatic carbocycles. The molecule has 1 aliphatic rings. The number of nitrogens with zero attached hydrogens (tertiary/aromatic N) is 4. The SMILES string of the molecule is C=CCSc1nc(N)nc2c1ncn2[C@@H]1C[C@H](CO)[C@@H](O)C1. The Morgan fingerprint density at radius 2 is 2.27 bits per heavy atom. The molecule has 3 atom stereocenters. The monoisotopic (exact) mass is 321 g/mol. The number of hydrogen-bond acceptors (Lipinski definition) is 7. The van der Waals surface area contributed by atoms with Crippen LogP contribution < -0.4 is 5.73 Å². The maximum atomic E-state index is 9.99. The molecule has 0 unspecified atom stereocenters. The lowest BCUT2D eigenvalue weighted by Gasteiger charge is -2.12. The molecule has 22 heavy (non-hydrogen) atoms. The maximum absolute atomic E-state index is 9.99. The van der Waals surface area contributed by atoms with E-state index in [1.54, 1.807) is 12.4 Å². The van der Waals surface area contributed by atoms with Crippen LogP contribution in [0.5, 0.6) is 0 Å².